The molecule has 0 saturated heterocycles. The van der Waals surface area contributed by atoms with Gasteiger partial charge in [-0.05, 0) is 12.1 Å². The van der Waals surface area contributed by atoms with E-state index in [1.165, 1.54) is 12.1 Å². The predicted octanol–water partition coefficient (Wildman–Crippen LogP) is 1.43. The van der Waals surface area contributed by atoms with Gasteiger partial charge in [-0.15, -0.1) is 0 Å². The molecular formula is C10H13O6PS. The van der Waals surface area contributed by atoms with Crippen molar-refractivity contribution in [2.45, 2.75) is 12.1 Å². The molecule has 0 aliphatic carbocycles. The van der Waals surface area contributed by atoms with Crippen molar-refractivity contribution in [3.63, 3.8) is 0 Å². The highest BCUT2D eigenvalue weighted by molar-refractivity contribution is 7.96. The Bertz CT molecular complexity index is 539. The van der Waals surface area contributed by atoms with Crippen molar-refractivity contribution < 1.29 is 27.0 Å². The summed E-state index contributed by atoms with van der Waals surface area (Å²) in [6.45, 7) is 1.04. The molecule has 1 rings (SSSR count). The van der Waals surface area contributed by atoms with Crippen molar-refractivity contribution >= 4 is 23.8 Å². The number of para-hydroxylation sites is 1. The molecule has 0 aromatic heterocycles. The van der Waals surface area contributed by atoms with E-state index in [0.717, 1.165) is 13.2 Å². The lowest BCUT2D eigenvalue weighted by Crippen LogP contribution is -2.23. The molecule has 1 aromatic rings. The van der Waals surface area contributed by atoms with Crippen LogP contribution in [-0.4, -0.2) is 25.8 Å². The second-order valence-electron chi connectivity index (χ2n) is 3.51. The lowest BCUT2D eigenvalue weighted by atomic mass is 10.3. The van der Waals surface area contributed by atoms with E-state index >= 15 is 0 Å². The van der Waals surface area contributed by atoms with Gasteiger partial charge < -0.3 is 9.26 Å². The molecule has 18 heavy (non-hydrogen) atoms. The van der Waals surface area contributed by atoms with Gasteiger partial charge in [0.2, 0.25) is 0 Å². The second-order valence-corrected chi connectivity index (χ2v) is 7.38. The van der Waals surface area contributed by atoms with Crippen LogP contribution in [0.25, 0.3) is 0 Å². The highest BCUT2D eigenvalue weighted by Gasteiger charge is 2.31. The van der Waals surface area contributed by atoms with Gasteiger partial charge >= 0.3 is 5.97 Å². The van der Waals surface area contributed by atoms with E-state index in [9.17, 15) is 17.8 Å². The third-order valence-corrected chi connectivity index (χ3v) is 5.49. The molecule has 100 valence electrons. The monoisotopic (exact) mass is 292 g/mol. The Morgan fingerprint density at radius 3 is 2.28 bits per heavy atom. The first kappa shape index (κ1) is 14.7. The third kappa shape index (κ3) is 4.50. The molecule has 0 fully saturated rings. The maximum atomic E-state index is 11.8. The number of hydrogen-bond donors (Lipinski definition) is 0. The molecule has 2 atom stereocenters. The fourth-order valence-electron chi connectivity index (χ4n) is 1.11. The Labute approximate surface area is 106 Å². The second kappa shape index (κ2) is 6.02. The fourth-order valence-corrected chi connectivity index (χ4v) is 3.69. The van der Waals surface area contributed by atoms with E-state index in [1.807, 2.05) is 0 Å². The van der Waals surface area contributed by atoms with Crippen LogP contribution in [0.15, 0.2) is 30.3 Å². The number of ether oxygens (including phenoxy) is 1. The van der Waals surface area contributed by atoms with Crippen LogP contribution in [-0.2, 0) is 23.9 Å². The molecular weight excluding hydrogens is 279 g/mol. The summed E-state index contributed by atoms with van der Waals surface area (Å²) >= 11 is 0. The minimum atomic E-state index is -3.81. The Kier molecular flexibility index (Phi) is 4.93. The molecule has 0 radical (unpaired) electrons. The maximum absolute atomic E-state index is 11.8. The minimum Gasteiger partial charge on any atom is -0.442 e. The smallest absolute Gasteiger partial charge is 0.304 e. The van der Waals surface area contributed by atoms with E-state index in [-0.39, 0.29) is 5.75 Å². The topological polar surface area (TPSA) is 86.7 Å². The van der Waals surface area contributed by atoms with Crippen LogP contribution in [0.1, 0.15) is 6.92 Å². The predicted molar refractivity (Wildman–Crippen MR) is 66.5 cm³/mol. The Morgan fingerprint density at radius 2 is 1.83 bits per heavy atom. The minimum absolute atomic E-state index is 0.252. The molecule has 0 aliphatic rings. The van der Waals surface area contributed by atoms with Crippen LogP contribution in [0, 0.1) is 0 Å². The number of sulfone groups is 1. The summed E-state index contributed by atoms with van der Waals surface area (Å²) in [7, 11) is -6.93. The molecule has 6 nitrogen and oxygen atoms in total. The molecule has 0 amide bonds. The van der Waals surface area contributed by atoms with E-state index in [2.05, 4.69) is 4.74 Å². The van der Waals surface area contributed by atoms with Gasteiger partial charge in [0, 0.05) is 13.2 Å². The van der Waals surface area contributed by atoms with Crippen LogP contribution in [0.2, 0.25) is 0 Å². The number of rotatable bonds is 5. The van der Waals surface area contributed by atoms with E-state index in [4.69, 9.17) is 4.52 Å². The van der Waals surface area contributed by atoms with Crippen molar-refractivity contribution in [2.24, 2.45) is 0 Å². The van der Waals surface area contributed by atoms with Crippen LogP contribution in [0.3, 0.4) is 0 Å². The maximum Gasteiger partial charge on any atom is 0.304 e. The van der Waals surface area contributed by atoms with Gasteiger partial charge in [0.1, 0.15) is 5.75 Å². The first-order chi connectivity index (χ1) is 8.30. The largest absolute Gasteiger partial charge is 0.442 e. The van der Waals surface area contributed by atoms with Crippen molar-refractivity contribution in [2.75, 3.05) is 6.26 Å². The van der Waals surface area contributed by atoms with E-state index < -0.39 is 29.0 Å². The van der Waals surface area contributed by atoms with Crippen molar-refractivity contribution in [3.05, 3.63) is 30.3 Å². The molecule has 1 aromatic carbocycles. The van der Waals surface area contributed by atoms with Crippen LogP contribution in [0.4, 0.5) is 0 Å². The summed E-state index contributed by atoms with van der Waals surface area (Å²) in [5, 5.41) is -1.76. The molecule has 2 unspecified atom stereocenters. The zero-order chi connectivity index (χ0) is 13.8. The van der Waals surface area contributed by atoms with E-state index in [0.29, 0.717) is 0 Å². The average Bonchev–Trinajstić information content (AvgIpc) is 2.25. The number of hydrogen-bond acceptors (Lipinski definition) is 6. The normalized spacial score (nSPS) is 14.6. The number of benzene rings is 1. The van der Waals surface area contributed by atoms with Gasteiger partial charge in [-0.25, -0.2) is 8.42 Å². The zero-order valence-electron chi connectivity index (χ0n) is 9.82. The summed E-state index contributed by atoms with van der Waals surface area (Å²) in [5.74, 6) is -0.581. The van der Waals surface area contributed by atoms with Crippen molar-refractivity contribution in [3.8, 4) is 5.75 Å². The molecule has 0 heterocycles. The van der Waals surface area contributed by atoms with Crippen LogP contribution >= 0.6 is 8.03 Å². The molecule has 0 spiro atoms. The quantitative estimate of drug-likeness (QED) is 0.602. The fraction of sp³-hybridized carbons (Fsp3) is 0.300. The molecule has 8 heteroatoms. The standard InChI is InChI=1S/C10H13O6PS/c1-8(11)15-10(18(2,13)14)17(12)16-9-6-4-3-5-7-9/h3-7,10,17H,1-2H3. The Morgan fingerprint density at radius 1 is 1.28 bits per heavy atom. The van der Waals surface area contributed by atoms with Gasteiger partial charge in [0.15, 0.2) is 9.84 Å². The van der Waals surface area contributed by atoms with Crippen molar-refractivity contribution in [1.82, 2.24) is 0 Å². The summed E-state index contributed by atoms with van der Waals surface area (Å²) in [6, 6.07) is 8.06. The summed E-state index contributed by atoms with van der Waals surface area (Å²) < 4.78 is 44.1. The summed E-state index contributed by atoms with van der Waals surface area (Å²) in [6.07, 6.45) is 0.831. The van der Waals surface area contributed by atoms with Gasteiger partial charge in [-0.1, -0.05) is 18.2 Å². The number of carbonyl (C=O) groups is 1. The average molecular weight is 292 g/mol. The number of esters is 1. The van der Waals surface area contributed by atoms with Gasteiger partial charge in [0.25, 0.3) is 13.2 Å². The summed E-state index contributed by atoms with van der Waals surface area (Å²) in [5.41, 5.74) is 0. The molecule has 0 saturated carbocycles. The third-order valence-electron chi connectivity index (χ3n) is 1.82. The van der Waals surface area contributed by atoms with E-state index in [1.54, 1.807) is 18.2 Å². The molecule has 0 aliphatic heterocycles. The first-order valence-corrected chi connectivity index (χ1v) is 8.28. The molecule has 0 N–H and O–H groups in total. The lowest BCUT2D eigenvalue weighted by molar-refractivity contribution is -0.140. The zero-order valence-corrected chi connectivity index (χ0v) is 11.6. The van der Waals surface area contributed by atoms with Gasteiger partial charge in [-0.3, -0.25) is 9.36 Å². The highest BCUT2D eigenvalue weighted by atomic mass is 32.2. The SMILES string of the molecule is CC(=O)OC([PH](=O)Oc1ccccc1)S(C)(=O)=O. The lowest BCUT2D eigenvalue weighted by Gasteiger charge is -2.15. The van der Waals surface area contributed by atoms with Gasteiger partial charge in [0.05, 0.1) is 0 Å². The number of carbonyl (C=O) groups excluding carboxylic acids is 1. The van der Waals surface area contributed by atoms with Crippen LogP contribution < -0.4 is 4.52 Å². The Balaban J connectivity index is 2.87. The summed E-state index contributed by atoms with van der Waals surface area (Å²) in [4.78, 5) is 10.8. The van der Waals surface area contributed by atoms with Crippen molar-refractivity contribution in [1.29, 1.82) is 0 Å². The first-order valence-electron chi connectivity index (χ1n) is 4.93. The Hall–Kier alpha value is -1.33. The van der Waals surface area contributed by atoms with Gasteiger partial charge in [-0.2, -0.15) is 0 Å². The molecule has 0 bridgehead atoms. The van der Waals surface area contributed by atoms with Crippen LogP contribution in [0.5, 0.6) is 5.75 Å². The highest BCUT2D eigenvalue weighted by Crippen LogP contribution is 2.35.